The van der Waals surface area contributed by atoms with Gasteiger partial charge in [0.15, 0.2) is 5.65 Å². The summed E-state index contributed by atoms with van der Waals surface area (Å²) in [6.07, 6.45) is 2.37. The number of imidazole rings is 1. The van der Waals surface area contributed by atoms with Crippen LogP contribution in [0.5, 0.6) is 0 Å². The molecule has 8 heteroatoms. The highest BCUT2D eigenvalue weighted by atomic mass is 32.1. The van der Waals surface area contributed by atoms with Crippen LogP contribution in [0, 0.1) is 0 Å². The van der Waals surface area contributed by atoms with E-state index in [1.807, 2.05) is 0 Å². The van der Waals surface area contributed by atoms with Crippen molar-refractivity contribution in [3.05, 3.63) is 30.2 Å². The van der Waals surface area contributed by atoms with Gasteiger partial charge in [-0.05, 0) is 11.6 Å². The Morgan fingerprint density at radius 3 is 3.05 bits per heavy atom. The van der Waals surface area contributed by atoms with Crippen LogP contribution in [0.3, 0.4) is 0 Å². The van der Waals surface area contributed by atoms with Crippen LogP contribution in [-0.4, -0.2) is 34.7 Å². The predicted octanol–water partition coefficient (Wildman–Crippen LogP) is 2.46. The van der Waals surface area contributed by atoms with E-state index in [0.29, 0.717) is 11.3 Å². The highest BCUT2D eigenvalue weighted by Gasteiger charge is 2.13. The molecule has 0 bridgehead atoms. The Hall–Kier alpha value is -1.64. The molecule has 5 nitrogen and oxygen atoms in total. The molecule has 0 radical (unpaired) electrons. The highest BCUT2D eigenvalue weighted by molar-refractivity contribution is 7.80. The SMILES string of the molecule is COCOCc1cc(NC(=S)C(F)F)c2nccn2c1. The first kappa shape index (κ1) is 14.8. The number of hydrogen-bond donors (Lipinski definition) is 1. The molecule has 0 spiro atoms. The summed E-state index contributed by atoms with van der Waals surface area (Å²) >= 11 is 4.60. The molecule has 0 atom stereocenters. The minimum absolute atomic E-state index is 0.153. The Balaban J connectivity index is 2.26. The number of pyridine rings is 1. The summed E-state index contributed by atoms with van der Waals surface area (Å²) in [5.41, 5.74) is 1.72. The van der Waals surface area contributed by atoms with Gasteiger partial charge in [0.05, 0.1) is 12.3 Å². The van der Waals surface area contributed by atoms with E-state index in [2.05, 4.69) is 22.5 Å². The molecule has 0 amide bonds. The van der Waals surface area contributed by atoms with Crippen molar-refractivity contribution in [1.29, 1.82) is 0 Å². The molecule has 0 saturated heterocycles. The van der Waals surface area contributed by atoms with Crippen molar-refractivity contribution in [2.75, 3.05) is 19.2 Å². The first-order chi connectivity index (χ1) is 9.61. The van der Waals surface area contributed by atoms with Gasteiger partial charge in [0.2, 0.25) is 0 Å². The lowest BCUT2D eigenvalue weighted by atomic mass is 10.2. The maximum absolute atomic E-state index is 12.5. The number of anilines is 1. The zero-order valence-corrected chi connectivity index (χ0v) is 11.5. The van der Waals surface area contributed by atoms with Crippen LogP contribution in [0.4, 0.5) is 14.5 Å². The summed E-state index contributed by atoms with van der Waals surface area (Å²) in [4.78, 5) is 3.56. The Morgan fingerprint density at radius 1 is 1.55 bits per heavy atom. The fourth-order valence-electron chi connectivity index (χ4n) is 1.69. The number of alkyl halides is 2. The first-order valence-corrected chi connectivity index (χ1v) is 6.14. The normalized spacial score (nSPS) is 11.2. The van der Waals surface area contributed by atoms with Crippen molar-refractivity contribution < 1.29 is 18.3 Å². The molecule has 0 aliphatic rings. The molecule has 2 rings (SSSR count). The lowest BCUT2D eigenvalue weighted by Crippen LogP contribution is -2.18. The van der Waals surface area contributed by atoms with Gasteiger partial charge in [-0.3, -0.25) is 0 Å². The lowest BCUT2D eigenvalue weighted by Gasteiger charge is -2.11. The van der Waals surface area contributed by atoms with Gasteiger partial charge >= 0.3 is 0 Å². The van der Waals surface area contributed by atoms with Gasteiger partial charge in [0, 0.05) is 25.7 Å². The third-order valence-electron chi connectivity index (χ3n) is 2.47. The third kappa shape index (κ3) is 3.47. The van der Waals surface area contributed by atoms with Crippen molar-refractivity contribution >= 4 is 28.5 Å². The van der Waals surface area contributed by atoms with E-state index in [1.54, 1.807) is 29.1 Å². The molecule has 0 fully saturated rings. The summed E-state index contributed by atoms with van der Waals surface area (Å²) < 4.78 is 36.8. The van der Waals surface area contributed by atoms with Gasteiger partial charge < -0.3 is 19.2 Å². The van der Waals surface area contributed by atoms with Crippen LogP contribution >= 0.6 is 12.2 Å². The second-order valence-electron chi connectivity index (χ2n) is 3.97. The van der Waals surface area contributed by atoms with E-state index < -0.39 is 11.4 Å². The van der Waals surface area contributed by atoms with Crippen LogP contribution in [0.25, 0.3) is 5.65 Å². The Labute approximate surface area is 119 Å². The van der Waals surface area contributed by atoms with E-state index >= 15 is 0 Å². The van der Waals surface area contributed by atoms with Crippen LogP contribution in [-0.2, 0) is 16.1 Å². The van der Waals surface area contributed by atoms with Crippen molar-refractivity contribution in [2.45, 2.75) is 13.0 Å². The van der Waals surface area contributed by atoms with E-state index in [4.69, 9.17) is 9.47 Å². The fourth-order valence-corrected chi connectivity index (χ4v) is 1.80. The van der Waals surface area contributed by atoms with Crippen molar-refractivity contribution in [3.8, 4) is 0 Å². The largest absolute Gasteiger partial charge is 0.359 e. The number of rotatable bonds is 6. The van der Waals surface area contributed by atoms with Crippen molar-refractivity contribution in [1.82, 2.24) is 9.38 Å². The molecule has 0 aromatic carbocycles. The van der Waals surface area contributed by atoms with Gasteiger partial charge in [-0.2, -0.15) is 0 Å². The van der Waals surface area contributed by atoms with Gasteiger partial charge in [0.1, 0.15) is 11.8 Å². The lowest BCUT2D eigenvalue weighted by molar-refractivity contribution is -0.0391. The van der Waals surface area contributed by atoms with Crippen LogP contribution in [0.15, 0.2) is 24.7 Å². The quantitative estimate of drug-likeness (QED) is 0.504. The number of ether oxygens (including phenoxy) is 2. The number of halogens is 2. The molecule has 20 heavy (non-hydrogen) atoms. The minimum atomic E-state index is -2.71. The molecule has 2 aromatic rings. The van der Waals surface area contributed by atoms with E-state index in [0.717, 1.165) is 5.56 Å². The monoisotopic (exact) mass is 301 g/mol. The average Bonchev–Trinajstić information content (AvgIpc) is 2.87. The maximum Gasteiger partial charge on any atom is 0.288 e. The molecule has 108 valence electrons. The van der Waals surface area contributed by atoms with Gasteiger partial charge in [-0.25, -0.2) is 13.8 Å². The topological polar surface area (TPSA) is 47.8 Å². The standard InChI is InChI=1S/C12H13F2N3O2S/c1-18-7-19-6-8-4-9(16-12(20)10(13)14)11-15-2-3-17(11)5-8/h2-5,10H,6-7H2,1H3,(H,16,20). The van der Waals surface area contributed by atoms with Gasteiger partial charge in [0.25, 0.3) is 6.43 Å². The summed E-state index contributed by atoms with van der Waals surface area (Å²) in [5, 5.41) is 2.51. The van der Waals surface area contributed by atoms with Crippen LogP contribution < -0.4 is 5.32 Å². The Kier molecular flexibility index (Phi) is 4.94. The number of thiocarbonyl (C=S) groups is 1. The molecule has 0 unspecified atom stereocenters. The number of hydrogen-bond acceptors (Lipinski definition) is 4. The molecule has 0 aliphatic heterocycles. The predicted molar refractivity (Wildman–Crippen MR) is 74.1 cm³/mol. The number of fused-ring (bicyclic) bond motifs is 1. The number of aromatic nitrogens is 2. The summed E-state index contributed by atoms with van der Waals surface area (Å²) in [6.45, 7) is 0.443. The highest BCUT2D eigenvalue weighted by Crippen LogP contribution is 2.19. The maximum atomic E-state index is 12.5. The van der Waals surface area contributed by atoms with Crippen molar-refractivity contribution in [3.63, 3.8) is 0 Å². The Morgan fingerprint density at radius 2 is 2.35 bits per heavy atom. The van der Waals surface area contributed by atoms with E-state index in [-0.39, 0.29) is 13.4 Å². The first-order valence-electron chi connectivity index (χ1n) is 5.73. The molecular weight excluding hydrogens is 288 g/mol. The second kappa shape index (κ2) is 6.69. The number of nitrogens with one attached hydrogen (secondary N) is 1. The molecule has 0 aliphatic carbocycles. The Bertz CT molecular complexity index is 603. The fraction of sp³-hybridized carbons (Fsp3) is 0.333. The second-order valence-corrected chi connectivity index (χ2v) is 4.40. The van der Waals surface area contributed by atoms with Gasteiger partial charge in [-0.1, -0.05) is 12.2 Å². The minimum Gasteiger partial charge on any atom is -0.359 e. The smallest absolute Gasteiger partial charge is 0.288 e. The summed E-state index contributed by atoms with van der Waals surface area (Å²) in [7, 11) is 1.52. The molecule has 2 aromatic heterocycles. The molecule has 1 N–H and O–H groups in total. The third-order valence-corrected chi connectivity index (χ3v) is 2.75. The molecule has 0 saturated carbocycles. The number of nitrogens with zero attached hydrogens (tertiary/aromatic N) is 2. The molecule has 2 heterocycles. The van der Waals surface area contributed by atoms with Gasteiger partial charge in [-0.15, -0.1) is 0 Å². The summed E-state index contributed by atoms with van der Waals surface area (Å²) in [6, 6.07) is 1.67. The van der Waals surface area contributed by atoms with E-state index in [1.165, 1.54) is 7.11 Å². The number of methoxy groups -OCH3 is 1. The van der Waals surface area contributed by atoms with Crippen LogP contribution in [0.1, 0.15) is 5.56 Å². The zero-order valence-electron chi connectivity index (χ0n) is 10.7. The average molecular weight is 301 g/mol. The van der Waals surface area contributed by atoms with Crippen molar-refractivity contribution in [2.24, 2.45) is 0 Å². The summed E-state index contributed by atoms with van der Waals surface area (Å²) in [5.74, 6) is 0. The van der Waals surface area contributed by atoms with E-state index in [9.17, 15) is 8.78 Å². The van der Waals surface area contributed by atoms with Crippen LogP contribution in [0.2, 0.25) is 0 Å². The molecular formula is C12H13F2N3O2S. The zero-order chi connectivity index (χ0) is 14.5.